The first-order valence-corrected chi connectivity index (χ1v) is 7.46. The highest BCUT2D eigenvalue weighted by Crippen LogP contribution is 2.31. The minimum atomic E-state index is -0.998. The van der Waals surface area contributed by atoms with Crippen molar-refractivity contribution in [3.05, 3.63) is 39.5 Å². The molecule has 4 nitrogen and oxygen atoms in total. The number of rotatable bonds is 5. The summed E-state index contributed by atoms with van der Waals surface area (Å²) in [6, 6.07) is 5.32. The Morgan fingerprint density at radius 1 is 1.50 bits per heavy atom. The smallest absolute Gasteiger partial charge is 0.339 e. The molecule has 0 aliphatic heterocycles. The Balaban J connectivity index is 2.48. The molecule has 1 aromatic heterocycles. The summed E-state index contributed by atoms with van der Waals surface area (Å²) in [6.45, 7) is 2.78. The molecule has 0 fully saturated rings. The number of nitrogens with zero attached hydrogens (tertiary/aromatic N) is 2. The molecular weight excluding hydrogens is 344 g/mol. The van der Waals surface area contributed by atoms with Crippen LogP contribution in [0.25, 0.3) is 11.3 Å². The molecule has 0 unspecified atom stereocenters. The van der Waals surface area contributed by atoms with Gasteiger partial charge in [-0.15, -0.1) is 0 Å². The minimum Gasteiger partial charge on any atom is -0.478 e. The van der Waals surface area contributed by atoms with Crippen LogP contribution >= 0.6 is 27.5 Å². The lowest BCUT2D eigenvalue weighted by Crippen LogP contribution is -1.98. The molecule has 20 heavy (non-hydrogen) atoms. The van der Waals surface area contributed by atoms with Crippen LogP contribution in [0.2, 0.25) is 5.02 Å². The van der Waals surface area contributed by atoms with E-state index in [1.54, 1.807) is 23.0 Å². The summed E-state index contributed by atoms with van der Waals surface area (Å²) < 4.78 is 2.51. The van der Waals surface area contributed by atoms with E-state index >= 15 is 0 Å². The Bertz CT molecular complexity index is 640. The van der Waals surface area contributed by atoms with Gasteiger partial charge in [0.2, 0.25) is 0 Å². The predicted octanol–water partition coefficient (Wildman–Crippen LogP) is 4.46. The molecule has 2 aromatic rings. The lowest BCUT2D eigenvalue weighted by molar-refractivity contribution is 0.0697. The molecule has 6 heteroatoms. The van der Waals surface area contributed by atoms with E-state index in [-0.39, 0.29) is 5.56 Å². The second-order valence-electron chi connectivity index (χ2n) is 4.44. The lowest BCUT2D eigenvalue weighted by Gasteiger charge is -2.03. The summed E-state index contributed by atoms with van der Waals surface area (Å²) in [4.78, 5) is 11.4. The number of benzene rings is 1. The molecular formula is C14H14BrClN2O2. The minimum absolute atomic E-state index is 0.172. The molecule has 0 saturated heterocycles. The van der Waals surface area contributed by atoms with Gasteiger partial charge in [-0.05, 0) is 18.6 Å². The molecule has 1 aromatic carbocycles. The maximum atomic E-state index is 11.4. The van der Waals surface area contributed by atoms with Gasteiger partial charge in [-0.2, -0.15) is 5.10 Å². The van der Waals surface area contributed by atoms with Crippen LogP contribution in [0.4, 0.5) is 0 Å². The van der Waals surface area contributed by atoms with Gasteiger partial charge in [-0.3, -0.25) is 4.68 Å². The van der Waals surface area contributed by atoms with Crippen molar-refractivity contribution in [3.63, 3.8) is 0 Å². The van der Waals surface area contributed by atoms with E-state index in [0.717, 1.165) is 17.3 Å². The van der Waals surface area contributed by atoms with Crippen molar-refractivity contribution in [1.82, 2.24) is 9.78 Å². The lowest BCUT2D eigenvalue weighted by atomic mass is 10.1. The number of hydrogen-bond donors (Lipinski definition) is 1. The van der Waals surface area contributed by atoms with Gasteiger partial charge < -0.3 is 5.11 Å². The zero-order valence-electron chi connectivity index (χ0n) is 10.9. The third-order valence-corrected chi connectivity index (χ3v) is 3.73. The van der Waals surface area contributed by atoms with E-state index in [1.807, 2.05) is 6.07 Å². The summed E-state index contributed by atoms with van der Waals surface area (Å²) in [5.74, 6) is -0.998. The molecule has 0 spiro atoms. The molecule has 106 valence electrons. The van der Waals surface area contributed by atoms with Crippen molar-refractivity contribution in [3.8, 4) is 11.3 Å². The van der Waals surface area contributed by atoms with Crippen molar-refractivity contribution < 1.29 is 9.90 Å². The van der Waals surface area contributed by atoms with Gasteiger partial charge in [-0.25, -0.2) is 4.79 Å². The fraction of sp³-hybridized carbons (Fsp3) is 0.286. The molecule has 0 aliphatic carbocycles. The van der Waals surface area contributed by atoms with Gasteiger partial charge in [0, 0.05) is 22.8 Å². The van der Waals surface area contributed by atoms with Crippen molar-refractivity contribution in [2.24, 2.45) is 0 Å². The summed E-state index contributed by atoms with van der Waals surface area (Å²) in [6.07, 6.45) is 3.54. The summed E-state index contributed by atoms with van der Waals surface area (Å²) in [5, 5.41) is 14.1. The fourth-order valence-corrected chi connectivity index (χ4v) is 2.66. The molecule has 1 N–H and O–H groups in total. The van der Waals surface area contributed by atoms with Gasteiger partial charge in [0.15, 0.2) is 0 Å². The topological polar surface area (TPSA) is 55.1 Å². The van der Waals surface area contributed by atoms with E-state index in [0.29, 0.717) is 22.8 Å². The Kier molecular flexibility index (Phi) is 4.83. The number of aryl methyl sites for hydroxylation is 1. The van der Waals surface area contributed by atoms with Crippen molar-refractivity contribution >= 4 is 33.5 Å². The highest BCUT2D eigenvalue weighted by Gasteiger charge is 2.19. The first kappa shape index (κ1) is 15.1. The third kappa shape index (κ3) is 3.22. The SMILES string of the molecule is CCCCn1cc(C(=O)O)c(-c2ccc(Br)cc2Cl)n1. The van der Waals surface area contributed by atoms with Gasteiger partial charge in [0.05, 0.1) is 5.02 Å². The second kappa shape index (κ2) is 6.41. The maximum Gasteiger partial charge on any atom is 0.339 e. The van der Waals surface area contributed by atoms with E-state index in [4.69, 9.17) is 11.6 Å². The Hall–Kier alpha value is -1.33. The van der Waals surface area contributed by atoms with Crippen molar-refractivity contribution in [2.45, 2.75) is 26.3 Å². The number of hydrogen-bond acceptors (Lipinski definition) is 2. The molecule has 0 amide bonds. The van der Waals surface area contributed by atoms with Gasteiger partial charge in [0.25, 0.3) is 0 Å². The Labute approximate surface area is 130 Å². The molecule has 0 bridgehead atoms. The first-order valence-electron chi connectivity index (χ1n) is 6.29. The van der Waals surface area contributed by atoms with E-state index in [1.165, 1.54) is 0 Å². The molecule has 0 aliphatic rings. The normalized spacial score (nSPS) is 10.8. The number of carboxylic acids is 1. The number of carboxylic acid groups (broad SMARTS) is 1. The van der Waals surface area contributed by atoms with E-state index in [2.05, 4.69) is 28.0 Å². The number of unbranched alkanes of at least 4 members (excludes halogenated alkanes) is 1. The second-order valence-corrected chi connectivity index (χ2v) is 5.76. The highest BCUT2D eigenvalue weighted by molar-refractivity contribution is 9.10. The van der Waals surface area contributed by atoms with Crippen LogP contribution in [0.3, 0.4) is 0 Å². The summed E-state index contributed by atoms with van der Waals surface area (Å²) in [5.41, 5.74) is 1.21. The number of halogens is 2. The fourth-order valence-electron chi connectivity index (χ4n) is 1.89. The van der Waals surface area contributed by atoms with Crippen LogP contribution in [-0.2, 0) is 6.54 Å². The number of aromatic nitrogens is 2. The predicted molar refractivity (Wildman–Crippen MR) is 82.2 cm³/mol. The van der Waals surface area contributed by atoms with Gasteiger partial charge >= 0.3 is 5.97 Å². The van der Waals surface area contributed by atoms with E-state index in [9.17, 15) is 9.90 Å². The van der Waals surface area contributed by atoms with Crippen LogP contribution in [0.15, 0.2) is 28.9 Å². The van der Waals surface area contributed by atoms with Crippen LogP contribution in [0.5, 0.6) is 0 Å². The first-order chi connectivity index (χ1) is 9.52. The average Bonchev–Trinajstić information content (AvgIpc) is 2.80. The van der Waals surface area contributed by atoms with Crippen molar-refractivity contribution in [2.75, 3.05) is 0 Å². The maximum absolute atomic E-state index is 11.4. The highest BCUT2D eigenvalue weighted by atomic mass is 79.9. The van der Waals surface area contributed by atoms with Crippen LogP contribution < -0.4 is 0 Å². The Morgan fingerprint density at radius 3 is 2.85 bits per heavy atom. The molecule has 0 saturated carbocycles. The molecule has 0 atom stereocenters. The summed E-state index contributed by atoms with van der Waals surface area (Å²) >= 11 is 9.51. The Morgan fingerprint density at radius 2 is 2.25 bits per heavy atom. The number of aromatic carboxylic acids is 1. The van der Waals surface area contributed by atoms with Crippen LogP contribution in [0.1, 0.15) is 30.1 Å². The standard InChI is InChI=1S/C14H14BrClN2O2/c1-2-3-6-18-8-11(14(19)20)13(17-18)10-5-4-9(15)7-12(10)16/h4-5,7-8H,2-3,6H2,1H3,(H,19,20). The zero-order valence-corrected chi connectivity index (χ0v) is 13.3. The molecule has 1 heterocycles. The van der Waals surface area contributed by atoms with Gasteiger partial charge in [-0.1, -0.05) is 46.9 Å². The van der Waals surface area contributed by atoms with Crippen molar-refractivity contribution in [1.29, 1.82) is 0 Å². The van der Waals surface area contributed by atoms with Crippen LogP contribution in [-0.4, -0.2) is 20.9 Å². The molecule has 2 rings (SSSR count). The average molecular weight is 358 g/mol. The monoisotopic (exact) mass is 356 g/mol. The van der Waals surface area contributed by atoms with Crippen LogP contribution in [0, 0.1) is 0 Å². The molecule has 0 radical (unpaired) electrons. The third-order valence-electron chi connectivity index (χ3n) is 2.92. The summed E-state index contributed by atoms with van der Waals surface area (Å²) in [7, 11) is 0. The van der Waals surface area contributed by atoms with E-state index < -0.39 is 5.97 Å². The number of carbonyl (C=O) groups is 1. The largest absolute Gasteiger partial charge is 0.478 e. The zero-order chi connectivity index (χ0) is 14.7. The quantitative estimate of drug-likeness (QED) is 0.859. The van der Waals surface area contributed by atoms with Gasteiger partial charge in [0.1, 0.15) is 11.3 Å².